The number of nitrogens with zero attached hydrogens (tertiary/aromatic N) is 1. The van der Waals surface area contributed by atoms with E-state index in [9.17, 15) is 9.18 Å². The van der Waals surface area contributed by atoms with Crippen molar-refractivity contribution < 1.29 is 14.3 Å². The fourth-order valence-electron chi connectivity index (χ4n) is 0.990. The standard InChI is InChI=1S/C10H14FNO2S/c1-10(2,3)7-5-15-8(12-7)4-6(11)9(13)14/h5-6H,4H2,1-3H3,(H,13,14). The summed E-state index contributed by atoms with van der Waals surface area (Å²) in [5.74, 6) is -1.43. The second kappa shape index (κ2) is 4.26. The first kappa shape index (κ1) is 12.1. The molecule has 0 aliphatic heterocycles. The van der Waals surface area contributed by atoms with E-state index in [4.69, 9.17) is 5.11 Å². The van der Waals surface area contributed by atoms with Gasteiger partial charge in [-0.25, -0.2) is 14.2 Å². The lowest BCUT2D eigenvalue weighted by molar-refractivity contribution is -0.142. The summed E-state index contributed by atoms with van der Waals surface area (Å²) in [4.78, 5) is 14.5. The SMILES string of the molecule is CC(C)(C)c1csc(CC(F)C(=O)O)n1. The van der Waals surface area contributed by atoms with E-state index >= 15 is 0 Å². The highest BCUT2D eigenvalue weighted by Gasteiger charge is 2.21. The van der Waals surface area contributed by atoms with Gasteiger partial charge >= 0.3 is 5.97 Å². The lowest BCUT2D eigenvalue weighted by Gasteiger charge is -2.14. The summed E-state index contributed by atoms with van der Waals surface area (Å²) in [5.41, 5.74) is 0.796. The summed E-state index contributed by atoms with van der Waals surface area (Å²) in [6.45, 7) is 6.03. The van der Waals surface area contributed by atoms with Crippen molar-refractivity contribution in [1.29, 1.82) is 0 Å². The number of alkyl halides is 1. The van der Waals surface area contributed by atoms with Gasteiger partial charge in [0.25, 0.3) is 0 Å². The molecule has 1 atom stereocenters. The summed E-state index contributed by atoms with van der Waals surface area (Å²) in [5, 5.41) is 10.8. The minimum Gasteiger partial charge on any atom is -0.479 e. The highest BCUT2D eigenvalue weighted by atomic mass is 32.1. The number of thiazole rings is 1. The van der Waals surface area contributed by atoms with E-state index < -0.39 is 12.1 Å². The fraction of sp³-hybridized carbons (Fsp3) is 0.600. The van der Waals surface area contributed by atoms with E-state index in [0.29, 0.717) is 5.01 Å². The molecule has 0 fully saturated rings. The molecule has 1 heterocycles. The van der Waals surface area contributed by atoms with Gasteiger partial charge in [0.15, 0.2) is 0 Å². The van der Waals surface area contributed by atoms with Crippen molar-refractivity contribution in [2.24, 2.45) is 0 Å². The highest BCUT2D eigenvalue weighted by Crippen LogP contribution is 2.24. The Morgan fingerprint density at radius 1 is 1.67 bits per heavy atom. The first-order valence-electron chi connectivity index (χ1n) is 4.62. The van der Waals surface area contributed by atoms with Gasteiger partial charge in [0.2, 0.25) is 6.17 Å². The van der Waals surface area contributed by atoms with E-state index in [0.717, 1.165) is 5.69 Å². The number of halogens is 1. The third kappa shape index (κ3) is 3.27. The minimum atomic E-state index is -1.86. The minimum absolute atomic E-state index is 0.0796. The number of hydrogen-bond donors (Lipinski definition) is 1. The van der Waals surface area contributed by atoms with Gasteiger partial charge in [-0.15, -0.1) is 11.3 Å². The lowest BCUT2D eigenvalue weighted by atomic mass is 9.93. The summed E-state index contributed by atoms with van der Waals surface area (Å²) in [7, 11) is 0. The number of aromatic nitrogens is 1. The van der Waals surface area contributed by atoms with Crippen LogP contribution in [0.2, 0.25) is 0 Å². The van der Waals surface area contributed by atoms with Crippen LogP contribution in [0, 0.1) is 0 Å². The quantitative estimate of drug-likeness (QED) is 0.869. The van der Waals surface area contributed by atoms with Crippen LogP contribution in [0.5, 0.6) is 0 Å². The third-order valence-corrected chi connectivity index (χ3v) is 2.81. The molecular formula is C10H14FNO2S. The second-order valence-corrected chi connectivity index (χ2v) is 5.33. The second-order valence-electron chi connectivity index (χ2n) is 4.39. The van der Waals surface area contributed by atoms with Gasteiger partial charge in [-0.05, 0) is 0 Å². The van der Waals surface area contributed by atoms with Crippen molar-refractivity contribution >= 4 is 17.3 Å². The topological polar surface area (TPSA) is 50.2 Å². The van der Waals surface area contributed by atoms with Crippen molar-refractivity contribution in [1.82, 2.24) is 4.98 Å². The van der Waals surface area contributed by atoms with Crippen molar-refractivity contribution in [2.45, 2.75) is 38.8 Å². The monoisotopic (exact) mass is 231 g/mol. The Bertz CT molecular complexity index is 357. The number of hydrogen-bond acceptors (Lipinski definition) is 3. The molecule has 5 heteroatoms. The van der Waals surface area contributed by atoms with E-state index in [-0.39, 0.29) is 11.8 Å². The van der Waals surface area contributed by atoms with E-state index in [1.807, 2.05) is 26.2 Å². The Morgan fingerprint density at radius 2 is 2.27 bits per heavy atom. The molecule has 0 aliphatic rings. The van der Waals surface area contributed by atoms with Gasteiger partial charge < -0.3 is 5.11 Å². The van der Waals surface area contributed by atoms with Gasteiger partial charge in [-0.3, -0.25) is 0 Å². The Hall–Kier alpha value is -0.970. The van der Waals surface area contributed by atoms with Crippen LogP contribution >= 0.6 is 11.3 Å². The molecule has 0 radical (unpaired) electrons. The van der Waals surface area contributed by atoms with Crippen LogP contribution in [0.3, 0.4) is 0 Å². The smallest absolute Gasteiger partial charge is 0.338 e. The van der Waals surface area contributed by atoms with Gasteiger partial charge in [-0.2, -0.15) is 0 Å². The molecule has 1 unspecified atom stereocenters. The van der Waals surface area contributed by atoms with Crippen LogP contribution in [-0.2, 0) is 16.6 Å². The molecule has 0 saturated heterocycles. The molecule has 0 amide bonds. The first-order chi connectivity index (χ1) is 6.80. The van der Waals surface area contributed by atoms with Crippen LogP contribution in [0.15, 0.2) is 5.38 Å². The van der Waals surface area contributed by atoms with Crippen LogP contribution in [-0.4, -0.2) is 22.2 Å². The molecule has 1 aromatic heterocycles. The van der Waals surface area contributed by atoms with Gasteiger partial charge in [0, 0.05) is 17.2 Å². The maximum atomic E-state index is 12.9. The molecule has 1 rings (SSSR count). The van der Waals surface area contributed by atoms with Crippen molar-refractivity contribution in [2.75, 3.05) is 0 Å². The summed E-state index contributed by atoms with van der Waals surface area (Å²) in [6.07, 6.45) is -2.00. The molecule has 15 heavy (non-hydrogen) atoms. The number of aliphatic carboxylic acids is 1. The molecule has 0 saturated carbocycles. The molecule has 84 valence electrons. The Balaban J connectivity index is 2.73. The molecule has 1 N–H and O–H groups in total. The number of carboxylic acid groups (broad SMARTS) is 1. The van der Waals surface area contributed by atoms with Crippen molar-refractivity contribution in [3.05, 3.63) is 16.1 Å². The Morgan fingerprint density at radius 3 is 2.67 bits per heavy atom. The normalized spacial score (nSPS) is 13.9. The Kier molecular flexibility index (Phi) is 3.44. The molecule has 0 spiro atoms. The number of carboxylic acids is 1. The Labute approximate surface area is 92.0 Å². The molecule has 0 aliphatic carbocycles. The summed E-state index contributed by atoms with van der Waals surface area (Å²) < 4.78 is 12.9. The van der Waals surface area contributed by atoms with Crippen LogP contribution < -0.4 is 0 Å². The van der Waals surface area contributed by atoms with Crippen LogP contribution in [0.25, 0.3) is 0 Å². The van der Waals surface area contributed by atoms with Gasteiger partial charge in [0.1, 0.15) is 0 Å². The molecule has 1 aromatic rings. The van der Waals surface area contributed by atoms with Crippen molar-refractivity contribution in [3.8, 4) is 0 Å². The lowest BCUT2D eigenvalue weighted by Crippen LogP contribution is -2.17. The fourth-order valence-corrected chi connectivity index (χ4v) is 2.04. The molecular weight excluding hydrogens is 217 g/mol. The van der Waals surface area contributed by atoms with E-state index in [1.54, 1.807) is 0 Å². The molecule has 0 bridgehead atoms. The maximum absolute atomic E-state index is 12.9. The largest absolute Gasteiger partial charge is 0.479 e. The van der Waals surface area contributed by atoms with Gasteiger partial charge in [-0.1, -0.05) is 20.8 Å². The zero-order valence-corrected chi connectivity index (χ0v) is 9.77. The van der Waals surface area contributed by atoms with Crippen LogP contribution in [0.1, 0.15) is 31.5 Å². The van der Waals surface area contributed by atoms with Crippen molar-refractivity contribution in [3.63, 3.8) is 0 Å². The summed E-state index contributed by atoms with van der Waals surface area (Å²) >= 11 is 1.31. The summed E-state index contributed by atoms with van der Waals surface area (Å²) in [6, 6.07) is 0. The zero-order chi connectivity index (χ0) is 11.6. The maximum Gasteiger partial charge on any atom is 0.338 e. The number of rotatable bonds is 3. The first-order valence-corrected chi connectivity index (χ1v) is 5.50. The predicted molar refractivity (Wildman–Crippen MR) is 57.0 cm³/mol. The molecule has 0 aromatic carbocycles. The van der Waals surface area contributed by atoms with Crippen LogP contribution in [0.4, 0.5) is 4.39 Å². The molecule has 3 nitrogen and oxygen atoms in total. The van der Waals surface area contributed by atoms with E-state index in [2.05, 4.69) is 4.98 Å². The number of carbonyl (C=O) groups is 1. The average molecular weight is 231 g/mol. The van der Waals surface area contributed by atoms with E-state index in [1.165, 1.54) is 11.3 Å². The highest BCUT2D eigenvalue weighted by molar-refractivity contribution is 7.09. The van der Waals surface area contributed by atoms with Gasteiger partial charge in [0.05, 0.1) is 10.7 Å². The predicted octanol–water partition coefficient (Wildman–Crippen LogP) is 2.41. The average Bonchev–Trinajstić information content (AvgIpc) is 2.51. The zero-order valence-electron chi connectivity index (χ0n) is 8.95. The third-order valence-electron chi connectivity index (χ3n) is 1.94.